The van der Waals surface area contributed by atoms with E-state index in [1.807, 2.05) is 0 Å². The summed E-state index contributed by atoms with van der Waals surface area (Å²) in [6.45, 7) is 2.25. The Kier molecular flexibility index (Phi) is 10.1. The van der Waals surface area contributed by atoms with Gasteiger partial charge in [0.1, 0.15) is 12.4 Å². The highest BCUT2D eigenvalue weighted by atomic mass is 35.5. The molecule has 0 aliphatic carbocycles. The van der Waals surface area contributed by atoms with Crippen LogP contribution in [0.4, 0.5) is 0 Å². The lowest BCUT2D eigenvalue weighted by atomic mass is 9.99. The van der Waals surface area contributed by atoms with Crippen molar-refractivity contribution >= 4 is 49.2 Å². The molecule has 10 nitrogen and oxygen atoms in total. The van der Waals surface area contributed by atoms with Gasteiger partial charge in [0.15, 0.2) is 0 Å². The summed E-state index contributed by atoms with van der Waals surface area (Å²) < 4.78 is 65.0. The number of amides is 1. The summed E-state index contributed by atoms with van der Waals surface area (Å²) in [5.74, 6) is -0.451. The second kappa shape index (κ2) is 13.2. The predicted octanol–water partition coefficient (Wildman–Crippen LogP) is 2.75. The van der Waals surface area contributed by atoms with E-state index in [9.17, 15) is 21.6 Å². The Morgan fingerprint density at radius 2 is 1.69 bits per heavy atom. The molecule has 0 spiro atoms. The molecule has 2 aliphatic rings. The molecule has 0 aromatic heterocycles. The Morgan fingerprint density at radius 1 is 0.974 bits per heavy atom. The van der Waals surface area contributed by atoms with Gasteiger partial charge in [0.2, 0.25) is 26.0 Å². The molecule has 0 unspecified atom stereocenters. The van der Waals surface area contributed by atoms with E-state index in [4.69, 9.17) is 32.7 Å². The lowest BCUT2D eigenvalue weighted by Crippen LogP contribution is -2.46. The van der Waals surface area contributed by atoms with Gasteiger partial charge in [0.05, 0.1) is 46.4 Å². The van der Waals surface area contributed by atoms with Gasteiger partial charge in [-0.2, -0.15) is 4.31 Å². The van der Waals surface area contributed by atoms with Crippen LogP contribution in [0.15, 0.2) is 47.4 Å². The van der Waals surface area contributed by atoms with Crippen LogP contribution in [0.25, 0.3) is 0 Å². The molecule has 0 radical (unpaired) electrons. The highest BCUT2D eigenvalue weighted by Gasteiger charge is 2.32. The van der Waals surface area contributed by atoms with Crippen molar-refractivity contribution in [2.45, 2.75) is 23.5 Å². The maximum atomic E-state index is 13.0. The molecule has 2 aromatic carbocycles. The summed E-state index contributed by atoms with van der Waals surface area (Å²) in [5.41, 5.74) is 0.528. The van der Waals surface area contributed by atoms with E-state index < -0.39 is 26.0 Å². The number of hydrogen-bond donors (Lipinski definition) is 1. The number of carbonyl (C=O) groups excluding carboxylic acids is 1. The number of nitrogens with zero attached hydrogens (tertiary/aromatic N) is 2. The minimum atomic E-state index is -3.64. The van der Waals surface area contributed by atoms with Crippen LogP contribution in [0.2, 0.25) is 10.0 Å². The minimum absolute atomic E-state index is 0.107. The van der Waals surface area contributed by atoms with E-state index in [0.717, 1.165) is 0 Å². The highest BCUT2D eigenvalue weighted by molar-refractivity contribution is 7.89. The number of sulfonamides is 2. The van der Waals surface area contributed by atoms with Crippen molar-refractivity contribution in [3.05, 3.63) is 58.1 Å². The number of rotatable bonds is 10. The number of piperidine rings is 1. The summed E-state index contributed by atoms with van der Waals surface area (Å²) in [7, 11) is -7.22. The predicted molar refractivity (Wildman–Crippen MR) is 148 cm³/mol. The van der Waals surface area contributed by atoms with Crippen LogP contribution in [0, 0.1) is 5.92 Å². The zero-order chi connectivity index (χ0) is 28.0. The third-order valence-electron chi connectivity index (χ3n) is 6.58. The average molecular weight is 621 g/mol. The maximum absolute atomic E-state index is 13.0. The first-order valence-electron chi connectivity index (χ1n) is 12.6. The summed E-state index contributed by atoms with van der Waals surface area (Å²) >= 11 is 11.9. The first-order chi connectivity index (χ1) is 18.6. The van der Waals surface area contributed by atoms with E-state index in [-0.39, 0.29) is 41.3 Å². The molecular weight excluding hydrogens is 589 g/mol. The quantitative estimate of drug-likeness (QED) is 0.406. The van der Waals surface area contributed by atoms with Crippen LogP contribution in [0.5, 0.6) is 5.75 Å². The number of benzene rings is 2. The van der Waals surface area contributed by atoms with Crippen LogP contribution in [0.3, 0.4) is 0 Å². The molecule has 1 N–H and O–H groups in total. The number of nitrogens with one attached hydrogen (secondary N) is 1. The van der Waals surface area contributed by atoms with Crippen LogP contribution in [-0.4, -0.2) is 83.9 Å². The van der Waals surface area contributed by atoms with Gasteiger partial charge >= 0.3 is 0 Å². The fraction of sp³-hybridized carbons (Fsp3) is 0.480. The lowest BCUT2D eigenvalue weighted by molar-refractivity contribution is -0.126. The van der Waals surface area contributed by atoms with Gasteiger partial charge in [-0.3, -0.25) is 4.79 Å². The van der Waals surface area contributed by atoms with Crippen molar-refractivity contribution < 1.29 is 31.1 Å². The van der Waals surface area contributed by atoms with Crippen LogP contribution in [0.1, 0.15) is 18.4 Å². The first-order valence-corrected chi connectivity index (χ1v) is 16.4. The van der Waals surface area contributed by atoms with Crippen LogP contribution in [-0.2, 0) is 35.3 Å². The van der Waals surface area contributed by atoms with E-state index in [1.165, 1.54) is 26.8 Å². The number of hydrogen-bond acceptors (Lipinski definition) is 7. The Bertz CT molecular complexity index is 1370. The molecule has 14 heteroatoms. The molecule has 2 aromatic rings. The molecular formula is C25H31Cl2N3O7S2. The number of morpholine rings is 1. The SMILES string of the molecule is O=C(NCCOc1ccc(S(=O)(=O)N2CCOCC2)cc1)[C@H]1CCCN(S(=O)(=O)Cc2ccc(Cl)c(Cl)c2)C1. The Balaban J connectivity index is 1.23. The van der Waals surface area contributed by atoms with Crippen molar-refractivity contribution in [2.24, 2.45) is 5.92 Å². The second-order valence-corrected chi connectivity index (χ2v) is 14.1. The molecule has 214 valence electrons. The number of ether oxygens (including phenoxy) is 2. The lowest BCUT2D eigenvalue weighted by Gasteiger charge is -2.31. The van der Waals surface area contributed by atoms with Crippen molar-refractivity contribution in [1.82, 2.24) is 13.9 Å². The Hall–Kier alpha value is -1.93. The molecule has 1 amide bonds. The summed E-state index contributed by atoms with van der Waals surface area (Å²) in [5, 5.41) is 3.45. The third kappa shape index (κ3) is 7.84. The van der Waals surface area contributed by atoms with E-state index in [2.05, 4.69) is 5.32 Å². The normalized spacial score (nSPS) is 19.5. The van der Waals surface area contributed by atoms with Gasteiger partial charge in [-0.1, -0.05) is 29.3 Å². The molecule has 2 saturated heterocycles. The summed E-state index contributed by atoms with van der Waals surface area (Å²) in [6, 6.07) is 10.9. The standard InChI is InChI=1S/C25H31Cl2N3O7S2/c26-23-8-3-19(16-24(23)27)18-38(32,33)30-10-1-2-20(17-30)25(31)28-9-13-37-21-4-6-22(7-5-21)39(34,35)29-11-14-36-15-12-29/h3-8,16,20H,1-2,9-15,17-18H2,(H,28,31)/t20-/m0/s1. The van der Waals surface area contributed by atoms with E-state index >= 15 is 0 Å². The summed E-state index contributed by atoms with van der Waals surface area (Å²) in [4.78, 5) is 12.9. The molecule has 2 aliphatic heterocycles. The van der Waals surface area contributed by atoms with Crippen LogP contribution < -0.4 is 10.1 Å². The second-order valence-electron chi connectivity index (χ2n) is 9.33. The molecule has 39 heavy (non-hydrogen) atoms. The Morgan fingerprint density at radius 3 is 2.38 bits per heavy atom. The third-order valence-corrected chi connectivity index (χ3v) is 11.1. The van der Waals surface area contributed by atoms with E-state index in [0.29, 0.717) is 62.0 Å². The van der Waals surface area contributed by atoms with Gasteiger partial charge in [0, 0.05) is 26.2 Å². The smallest absolute Gasteiger partial charge is 0.243 e. The van der Waals surface area contributed by atoms with Gasteiger partial charge in [-0.05, 0) is 54.8 Å². The summed E-state index contributed by atoms with van der Waals surface area (Å²) in [6.07, 6.45) is 1.17. The maximum Gasteiger partial charge on any atom is 0.243 e. The average Bonchev–Trinajstić information content (AvgIpc) is 2.93. The molecule has 0 bridgehead atoms. The largest absolute Gasteiger partial charge is 0.492 e. The van der Waals surface area contributed by atoms with Gasteiger partial charge in [0.25, 0.3) is 0 Å². The minimum Gasteiger partial charge on any atom is -0.492 e. The first kappa shape index (κ1) is 30.0. The van der Waals surface area contributed by atoms with E-state index in [1.54, 1.807) is 24.3 Å². The zero-order valence-electron chi connectivity index (χ0n) is 21.2. The Labute approximate surface area is 239 Å². The van der Waals surface area contributed by atoms with Crippen molar-refractivity contribution in [3.8, 4) is 5.75 Å². The van der Waals surface area contributed by atoms with Crippen molar-refractivity contribution in [2.75, 3.05) is 52.5 Å². The van der Waals surface area contributed by atoms with Crippen LogP contribution >= 0.6 is 23.2 Å². The molecule has 4 rings (SSSR count). The highest BCUT2D eigenvalue weighted by Crippen LogP contribution is 2.26. The molecule has 2 fully saturated rings. The monoisotopic (exact) mass is 619 g/mol. The van der Waals surface area contributed by atoms with Gasteiger partial charge in [-0.15, -0.1) is 0 Å². The zero-order valence-corrected chi connectivity index (χ0v) is 24.4. The topological polar surface area (TPSA) is 122 Å². The fourth-order valence-electron chi connectivity index (χ4n) is 4.47. The number of halogens is 2. The van der Waals surface area contributed by atoms with Crippen molar-refractivity contribution in [1.29, 1.82) is 0 Å². The molecule has 1 atom stereocenters. The molecule has 0 saturated carbocycles. The van der Waals surface area contributed by atoms with Crippen molar-refractivity contribution in [3.63, 3.8) is 0 Å². The van der Waals surface area contributed by atoms with Gasteiger partial charge in [-0.25, -0.2) is 21.1 Å². The fourth-order valence-corrected chi connectivity index (χ4v) is 7.80. The molecule has 2 heterocycles. The van der Waals surface area contributed by atoms with Gasteiger partial charge < -0.3 is 14.8 Å². The number of carbonyl (C=O) groups is 1.